The lowest BCUT2D eigenvalue weighted by Gasteiger charge is -2.10. The van der Waals surface area contributed by atoms with Crippen molar-refractivity contribution in [3.63, 3.8) is 0 Å². The molecule has 0 saturated carbocycles. The molecule has 0 fully saturated rings. The Hall–Kier alpha value is -1.03. The third-order valence-corrected chi connectivity index (χ3v) is 1.92. The fraction of sp³-hybridized carbons (Fsp3) is 0.700. The lowest BCUT2D eigenvalue weighted by Crippen LogP contribution is -2.34. The zero-order chi connectivity index (χ0) is 11.0. The maximum absolute atomic E-state index is 11.3. The number of carbonyl (C=O) groups excluding carboxylic acids is 1. The summed E-state index contributed by atoms with van der Waals surface area (Å²) in [4.78, 5) is 11.3. The molecule has 0 aliphatic rings. The number of hydrogen-bond acceptors (Lipinski definition) is 4. The van der Waals surface area contributed by atoms with Gasteiger partial charge in [-0.2, -0.15) is 0 Å². The zero-order valence-electron chi connectivity index (χ0n) is 8.89. The number of carbonyl (C=O) groups is 1. The maximum Gasteiger partial charge on any atom is 0.190 e. The van der Waals surface area contributed by atoms with Gasteiger partial charge in [-0.05, 0) is 26.0 Å². The first-order chi connectivity index (χ1) is 6.61. The van der Waals surface area contributed by atoms with Crippen molar-refractivity contribution in [2.45, 2.75) is 39.2 Å². The van der Waals surface area contributed by atoms with Gasteiger partial charge in [-0.1, -0.05) is 13.3 Å². The Morgan fingerprint density at radius 2 is 2.21 bits per heavy atom. The van der Waals surface area contributed by atoms with E-state index in [9.17, 15) is 4.79 Å². The van der Waals surface area contributed by atoms with Crippen LogP contribution in [0.25, 0.3) is 0 Å². The predicted octanol–water partition coefficient (Wildman–Crippen LogP) is 1.39. The number of hydrogen-bond donors (Lipinski definition) is 3. The Kier molecular flexibility index (Phi) is 6.84. The highest BCUT2D eigenvalue weighted by atomic mass is 16.1. The molecule has 0 unspecified atom stereocenters. The topological polar surface area (TPSA) is 76.8 Å². The normalized spacial score (nSPS) is 12.1. The van der Waals surface area contributed by atoms with Crippen LogP contribution in [0.15, 0.2) is 0 Å². The lowest BCUT2D eigenvalue weighted by molar-refractivity contribution is -0.112. The van der Waals surface area contributed by atoms with Crippen LogP contribution in [0.5, 0.6) is 0 Å². The van der Waals surface area contributed by atoms with E-state index in [0.717, 1.165) is 6.42 Å². The summed E-state index contributed by atoms with van der Waals surface area (Å²) in [5.74, 6) is -0.135. The van der Waals surface area contributed by atoms with Crippen molar-refractivity contribution in [3.05, 3.63) is 0 Å². The lowest BCUT2D eigenvalue weighted by atomic mass is 10.1. The molecule has 0 heterocycles. The van der Waals surface area contributed by atoms with E-state index in [1.54, 1.807) is 0 Å². The first kappa shape index (κ1) is 13.0. The Labute approximate surface area is 85.1 Å². The molecule has 14 heavy (non-hydrogen) atoms. The summed E-state index contributed by atoms with van der Waals surface area (Å²) in [5.41, 5.74) is 0.196. The molecule has 0 aliphatic heterocycles. The molecule has 0 radical (unpaired) electrons. The molecule has 1 atom stereocenters. The van der Waals surface area contributed by atoms with E-state index in [1.807, 2.05) is 13.8 Å². The highest BCUT2D eigenvalue weighted by Gasteiger charge is 2.09. The minimum atomic E-state index is -0.135. The van der Waals surface area contributed by atoms with Crippen LogP contribution in [0, 0.1) is 10.8 Å². The van der Waals surface area contributed by atoms with E-state index in [0.29, 0.717) is 12.8 Å². The highest BCUT2D eigenvalue weighted by molar-refractivity contribution is 6.39. The van der Waals surface area contributed by atoms with Crippen LogP contribution in [0.3, 0.4) is 0 Å². The van der Waals surface area contributed by atoms with E-state index in [1.165, 1.54) is 6.21 Å². The molecule has 0 aromatic carbocycles. The van der Waals surface area contributed by atoms with Crippen LogP contribution in [0.1, 0.15) is 33.1 Å². The Morgan fingerprint density at radius 3 is 2.71 bits per heavy atom. The van der Waals surface area contributed by atoms with Gasteiger partial charge in [0.2, 0.25) is 0 Å². The summed E-state index contributed by atoms with van der Waals surface area (Å²) in [6.45, 7) is 4.09. The molecule has 0 amide bonds. The standard InChI is InChI=1S/C10H19N3O/c1-3-4-9(12)10(14)7-13-8(2)5-6-11/h6,8,11-13H,3-5,7H2,1-2H3/t8-/m1/s1. The van der Waals surface area contributed by atoms with Gasteiger partial charge < -0.3 is 16.1 Å². The van der Waals surface area contributed by atoms with Crippen molar-refractivity contribution in [2.24, 2.45) is 0 Å². The van der Waals surface area contributed by atoms with Gasteiger partial charge in [-0.3, -0.25) is 4.79 Å². The third-order valence-electron chi connectivity index (χ3n) is 1.92. The number of rotatable bonds is 8. The second-order valence-corrected chi connectivity index (χ2v) is 3.37. The smallest absolute Gasteiger partial charge is 0.190 e. The van der Waals surface area contributed by atoms with Gasteiger partial charge in [0.25, 0.3) is 0 Å². The summed E-state index contributed by atoms with van der Waals surface area (Å²) in [6.07, 6.45) is 3.33. The van der Waals surface area contributed by atoms with Crippen LogP contribution in [-0.2, 0) is 4.79 Å². The second kappa shape index (κ2) is 7.38. The quantitative estimate of drug-likeness (QED) is 0.514. The van der Waals surface area contributed by atoms with Crippen molar-refractivity contribution < 1.29 is 4.79 Å². The predicted molar refractivity (Wildman–Crippen MR) is 58.5 cm³/mol. The molecule has 0 aromatic rings. The second-order valence-electron chi connectivity index (χ2n) is 3.37. The van der Waals surface area contributed by atoms with Gasteiger partial charge in [0.1, 0.15) is 0 Å². The summed E-state index contributed by atoms with van der Waals surface area (Å²) in [6, 6.07) is 0.130. The van der Waals surface area contributed by atoms with Gasteiger partial charge in [0, 0.05) is 6.04 Å². The fourth-order valence-electron chi connectivity index (χ4n) is 1.02. The van der Waals surface area contributed by atoms with Crippen molar-refractivity contribution in [1.82, 2.24) is 5.32 Å². The molecular formula is C10H19N3O. The molecule has 4 nitrogen and oxygen atoms in total. The summed E-state index contributed by atoms with van der Waals surface area (Å²) in [5, 5.41) is 17.3. The zero-order valence-corrected chi connectivity index (χ0v) is 8.89. The van der Waals surface area contributed by atoms with E-state index in [4.69, 9.17) is 10.8 Å². The minimum Gasteiger partial charge on any atom is -0.313 e. The van der Waals surface area contributed by atoms with Gasteiger partial charge in [-0.15, -0.1) is 0 Å². The van der Waals surface area contributed by atoms with E-state index >= 15 is 0 Å². The fourth-order valence-corrected chi connectivity index (χ4v) is 1.02. The van der Waals surface area contributed by atoms with Gasteiger partial charge in [-0.25, -0.2) is 0 Å². The van der Waals surface area contributed by atoms with Gasteiger partial charge >= 0.3 is 0 Å². The summed E-state index contributed by atoms with van der Waals surface area (Å²) in [7, 11) is 0. The molecule has 0 saturated heterocycles. The molecule has 0 rings (SSSR count). The van der Waals surface area contributed by atoms with E-state index in [2.05, 4.69) is 5.32 Å². The number of nitrogens with one attached hydrogen (secondary N) is 3. The molecular weight excluding hydrogens is 178 g/mol. The number of Topliss-reactive ketones (excluding diaryl/α,β-unsaturated/α-hetero) is 1. The van der Waals surface area contributed by atoms with Gasteiger partial charge in [0.15, 0.2) is 5.78 Å². The molecule has 0 spiro atoms. The third kappa shape index (κ3) is 5.59. The molecule has 0 bridgehead atoms. The molecule has 4 heteroatoms. The monoisotopic (exact) mass is 197 g/mol. The molecule has 0 aliphatic carbocycles. The molecule has 80 valence electrons. The van der Waals surface area contributed by atoms with Crippen LogP contribution < -0.4 is 5.32 Å². The molecule has 3 N–H and O–H groups in total. The van der Waals surface area contributed by atoms with Crippen LogP contribution in [0.2, 0.25) is 0 Å². The summed E-state index contributed by atoms with van der Waals surface area (Å²) >= 11 is 0. The van der Waals surface area contributed by atoms with E-state index < -0.39 is 0 Å². The first-order valence-electron chi connectivity index (χ1n) is 4.94. The van der Waals surface area contributed by atoms with Crippen molar-refractivity contribution >= 4 is 17.7 Å². The molecule has 0 aromatic heterocycles. The highest BCUT2D eigenvalue weighted by Crippen LogP contribution is 1.92. The SMILES string of the molecule is CCCC(=N)C(=O)CN[C@H](C)CC=N. The largest absolute Gasteiger partial charge is 0.313 e. The van der Waals surface area contributed by atoms with Crippen LogP contribution in [-0.4, -0.2) is 30.3 Å². The Balaban J connectivity index is 3.72. The minimum absolute atomic E-state index is 0.130. The number of ketones is 1. The van der Waals surface area contributed by atoms with E-state index in [-0.39, 0.29) is 24.1 Å². The van der Waals surface area contributed by atoms with Gasteiger partial charge in [0.05, 0.1) is 12.3 Å². The maximum atomic E-state index is 11.3. The Morgan fingerprint density at radius 1 is 1.57 bits per heavy atom. The first-order valence-corrected chi connectivity index (χ1v) is 4.94. The van der Waals surface area contributed by atoms with Crippen molar-refractivity contribution in [3.8, 4) is 0 Å². The van der Waals surface area contributed by atoms with Crippen molar-refractivity contribution in [2.75, 3.05) is 6.54 Å². The summed E-state index contributed by atoms with van der Waals surface area (Å²) < 4.78 is 0. The van der Waals surface area contributed by atoms with Crippen LogP contribution in [0.4, 0.5) is 0 Å². The van der Waals surface area contributed by atoms with Crippen LogP contribution >= 0.6 is 0 Å². The van der Waals surface area contributed by atoms with Crippen molar-refractivity contribution in [1.29, 1.82) is 10.8 Å². The average Bonchev–Trinajstić information content (AvgIpc) is 2.15. The average molecular weight is 197 g/mol. The Bertz CT molecular complexity index is 213.